The molecule has 4 heteroatoms. The van der Waals surface area contributed by atoms with Crippen LogP contribution in [0.25, 0.3) is 0 Å². The van der Waals surface area contributed by atoms with E-state index in [2.05, 4.69) is 41.2 Å². The van der Waals surface area contributed by atoms with Crippen LogP contribution in [-0.2, 0) is 6.54 Å². The maximum absolute atomic E-state index is 5.10. The third kappa shape index (κ3) is 3.84. The van der Waals surface area contributed by atoms with Crippen LogP contribution in [0.2, 0.25) is 0 Å². The minimum Gasteiger partial charge on any atom is -0.472 e. The SMILES string of the molecule is CCCNC(C)c1ccnc(N(C)Cc2ccoc2)c1. The molecule has 1 unspecified atom stereocenters. The van der Waals surface area contributed by atoms with E-state index in [0.29, 0.717) is 6.04 Å². The van der Waals surface area contributed by atoms with Crippen LogP contribution in [0.15, 0.2) is 41.3 Å². The van der Waals surface area contributed by atoms with E-state index < -0.39 is 0 Å². The molecule has 108 valence electrons. The van der Waals surface area contributed by atoms with Gasteiger partial charge < -0.3 is 14.6 Å². The highest BCUT2D eigenvalue weighted by Gasteiger charge is 2.09. The second-order valence-corrected chi connectivity index (χ2v) is 5.11. The molecule has 0 aliphatic rings. The van der Waals surface area contributed by atoms with Crippen LogP contribution in [0.5, 0.6) is 0 Å². The van der Waals surface area contributed by atoms with Crippen molar-refractivity contribution in [2.75, 3.05) is 18.5 Å². The van der Waals surface area contributed by atoms with Crippen molar-refractivity contribution in [1.82, 2.24) is 10.3 Å². The van der Waals surface area contributed by atoms with Gasteiger partial charge in [0.25, 0.3) is 0 Å². The molecule has 1 N–H and O–H groups in total. The normalized spacial score (nSPS) is 12.3. The lowest BCUT2D eigenvalue weighted by molar-refractivity contribution is 0.563. The first kappa shape index (κ1) is 14.6. The Kier molecular flexibility index (Phi) is 5.18. The summed E-state index contributed by atoms with van der Waals surface area (Å²) < 4.78 is 5.10. The number of aromatic nitrogens is 1. The summed E-state index contributed by atoms with van der Waals surface area (Å²) in [6, 6.07) is 6.54. The number of anilines is 1. The zero-order chi connectivity index (χ0) is 14.4. The first-order valence-corrected chi connectivity index (χ1v) is 7.12. The second kappa shape index (κ2) is 7.10. The van der Waals surface area contributed by atoms with Gasteiger partial charge in [-0.15, -0.1) is 0 Å². The quantitative estimate of drug-likeness (QED) is 0.839. The predicted octanol–water partition coefficient (Wildman–Crippen LogP) is 3.37. The summed E-state index contributed by atoms with van der Waals surface area (Å²) >= 11 is 0. The molecule has 0 radical (unpaired) electrons. The van der Waals surface area contributed by atoms with Gasteiger partial charge in [0.2, 0.25) is 0 Å². The van der Waals surface area contributed by atoms with Gasteiger partial charge in [-0.1, -0.05) is 6.92 Å². The third-order valence-corrected chi connectivity index (χ3v) is 3.36. The van der Waals surface area contributed by atoms with Crippen molar-refractivity contribution in [1.29, 1.82) is 0 Å². The molecule has 0 aromatic carbocycles. The molecule has 20 heavy (non-hydrogen) atoms. The number of nitrogens with one attached hydrogen (secondary N) is 1. The summed E-state index contributed by atoms with van der Waals surface area (Å²) in [4.78, 5) is 6.58. The molecular weight excluding hydrogens is 250 g/mol. The predicted molar refractivity (Wildman–Crippen MR) is 81.8 cm³/mol. The van der Waals surface area contributed by atoms with E-state index in [4.69, 9.17) is 4.42 Å². The van der Waals surface area contributed by atoms with Crippen LogP contribution < -0.4 is 10.2 Å². The first-order chi connectivity index (χ1) is 9.70. The molecule has 0 aliphatic carbocycles. The van der Waals surface area contributed by atoms with Crippen LogP contribution in [0, 0.1) is 0 Å². The Morgan fingerprint density at radius 1 is 1.40 bits per heavy atom. The fraction of sp³-hybridized carbons (Fsp3) is 0.438. The van der Waals surface area contributed by atoms with Crippen LogP contribution in [0.1, 0.15) is 37.4 Å². The summed E-state index contributed by atoms with van der Waals surface area (Å²) in [7, 11) is 2.04. The summed E-state index contributed by atoms with van der Waals surface area (Å²) in [5.74, 6) is 0.980. The fourth-order valence-electron chi connectivity index (χ4n) is 2.13. The number of pyridine rings is 1. The van der Waals surface area contributed by atoms with Gasteiger partial charge in [-0.2, -0.15) is 0 Å². The number of furan rings is 1. The molecule has 0 aliphatic heterocycles. The molecule has 2 aromatic rings. The summed E-state index contributed by atoms with van der Waals surface area (Å²) in [6.45, 7) is 6.19. The van der Waals surface area contributed by atoms with Crippen molar-refractivity contribution < 1.29 is 4.42 Å². The number of hydrogen-bond donors (Lipinski definition) is 1. The van der Waals surface area contributed by atoms with Gasteiger partial charge in [-0.25, -0.2) is 4.98 Å². The van der Waals surface area contributed by atoms with Crippen LogP contribution in [0.4, 0.5) is 5.82 Å². The summed E-state index contributed by atoms with van der Waals surface area (Å²) in [6.07, 6.45) is 6.49. The second-order valence-electron chi connectivity index (χ2n) is 5.11. The van der Waals surface area contributed by atoms with E-state index in [-0.39, 0.29) is 0 Å². The smallest absolute Gasteiger partial charge is 0.128 e. The maximum atomic E-state index is 5.10. The van der Waals surface area contributed by atoms with Crippen molar-refractivity contribution in [3.05, 3.63) is 48.0 Å². The Hall–Kier alpha value is -1.81. The zero-order valence-electron chi connectivity index (χ0n) is 12.5. The lowest BCUT2D eigenvalue weighted by Crippen LogP contribution is -2.21. The Morgan fingerprint density at radius 3 is 2.95 bits per heavy atom. The lowest BCUT2D eigenvalue weighted by Gasteiger charge is -2.20. The Balaban J connectivity index is 2.04. The van der Waals surface area contributed by atoms with Gasteiger partial charge in [0.15, 0.2) is 0 Å². The number of rotatable bonds is 7. The molecule has 2 heterocycles. The summed E-state index contributed by atoms with van der Waals surface area (Å²) in [5, 5.41) is 3.50. The molecule has 0 saturated carbocycles. The van der Waals surface area contributed by atoms with Crippen molar-refractivity contribution in [2.24, 2.45) is 0 Å². The van der Waals surface area contributed by atoms with E-state index in [9.17, 15) is 0 Å². The highest BCUT2D eigenvalue weighted by Crippen LogP contribution is 2.19. The molecule has 0 fully saturated rings. The van der Waals surface area contributed by atoms with Crippen LogP contribution in [-0.4, -0.2) is 18.6 Å². The molecule has 0 saturated heterocycles. The van der Waals surface area contributed by atoms with E-state index in [0.717, 1.165) is 30.9 Å². The molecular formula is C16H23N3O. The molecule has 2 rings (SSSR count). The van der Waals surface area contributed by atoms with E-state index in [1.807, 2.05) is 19.3 Å². The van der Waals surface area contributed by atoms with Crippen molar-refractivity contribution >= 4 is 5.82 Å². The standard InChI is InChI=1S/C16H23N3O/c1-4-7-17-13(2)15-5-8-18-16(10-15)19(3)11-14-6-9-20-12-14/h5-6,8-10,12-13,17H,4,7,11H2,1-3H3. The molecule has 1 atom stereocenters. The van der Waals surface area contributed by atoms with Crippen molar-refractivity contribution in [3.63, 3.8) is 0 Å². The van der Waals surface area contributed by atoms with Gasteiger partial charge in [0.1, 0.15) is 5.82 Å². The number of hydrogen-bond acceptors (Lipinski definition) is 4. The fourth-order valence-corrected chi connectivity index (χ4v) is 2.13. The molecule has 0 spiro atoms. The van der Waals surface area contributed by atoms with Crippen LogP contribution >= 0.6 is 0 Å². The maximum Gasteiger partial charge on any atom is 0.128 e. The Morgan fingerprint density at radius 2 is 2.25 bits per heavy atom. The van der Waals surface area contributed by atoms with Crippen LogP contribution in [0.3, 0.4) is 0 Å². The van der Waals surface area contributed by atoms with Crippen molar-refractivity contribution in [2.45, 2.75) is 32.9 Å². The summed E-state index contributed by atoms with van der Waals surface area (Å²) in [5.41, 5.74) is 2.42. The minimum absolute atomic E-state index is 0.346. The monoisotopic (exact) mass is 273 g/mol. The average Bonchev–Trinajstić information content (AvgIpc) is 2.97. The van der Waals surface area contributed by atoms with Gasteiger partial charge in [0.05, 0.1) is 12.5 Å². The van der Waals surface area contributed by atoms with E-state index in [1.165, 1.54) is 5.56 Å². The van der Waals surface area contributed by atoms with E-state index >= 15 is 0 Å². The topological polar surface area (TPSA) is 41.3 Å². The Labute approximate surface area is 120 Å². The largest absolute Gasteiger partial charge is 0.472 e. The zero-order valence-corrected chi connectivity index (χ0v) is 12.5. The number of nitrogens with zero attached hydrogens (tertiary/aromatic N) is 2. The highest BCUT2D eigenvalue weighted by atomic mass is 16.3. The first-order valence-electron chi connectivity index (χ1n) is 7.12. The van der Waals surface area contributed by atoms with Gasteiger partial charge >= 0.3 is 0 Å². The molecule has 0 amide bonds. The minimum atomic E-state index is 0.346. The average molecular weight is 273 g/mol. The molecule has 0 bridgehead atoms. The van der Waals surface area contributed by atoms with Gasteiger partial charge in [-0.3, -0.25) is 0 Å². The van der Waals surface area contributed by atoms with Crippen molar-refractivity contribution in [3.8, 4) is 0 Å². The van der Waals surface area contributed by atoms with Gasteiger partial charge in [-0.05, 0) is 43.7 Å². The van der Waals surface area contributed by atoms with Gasteiger partial charge in [0, 0.05) is 31.4 Å². The van der Waals surface area contributed by atoms with E-state index in [1.54, 1.807) is 12.5 Å². The Bertz CT molecular complexity index is 510. The highest BCUT2D eigenvalue weighted by molar-refractivity contribution is 5.41. The third-order valence-electron chi connectivity index (χ3n) is 3.36. The molecule has 2 aromatic heterocycles. The lowest BCUT2D eigenvalue weighted by atomic mass is 10.1. The molecule has 4 nitrogen and oxygen atoms in total.